The Kier molecular flexibility index (Phi) is 5.81. The maximum Gasteiger partial charge on any atom is 0.407 e. The maximum absolute atomic E-state index is 12.3. The molecular formula is C18H28N2O3. The Hall–Kier alpha value is -2.04. The van der Waals surface area contributed by atoms with Crippen LogP contribution in [0.2, 0.25) is 0 Å². The number of carbonyl (C=O) groups is 2. The van der Waals surface area contributed by atoms with E-state index in [0.717, 1.165) is 11.1 Å². The lowest BCUT2D eigenvalue weighted by atomic mass is 10.0. The van der Waals surface area contributed by atoms with Crippen molar-refractivity contribution in [1.29, 1.82) is 0 Å². The molecule has 1 aromatic carbocycles. The number of carbonyl (C=O) groups excluding carboxylic acids is 2. The van der Waals surface area contributed by atoms with Crippen LogP contribution in [0.4, 0.5) is 4.79 Å². The van der Waals surface area contributed by atoms with E-state index in [-0.39, 0.29) is 12.5 Å². The van der Waals surface area contributed by atoms with Gasteiger partial charge in [-0.05, 0) is 71.7 Å². The highest BCUT2D eigenvalue weighted by molar-refractivity contribution is 5.95. The number of nitrogens with one attached hydrogen (secondary N) is 2. The van der Waals surface area contributed by atoms with Crippen LogP contribution in [0.5, 0.6) is 0 Å². The van der Waals surface area contributed by atoms with Crippen molar-refractivity contribution in [3.63, 3.8) is 0 Å². The first kappa shape index (κ1) is 19.0. The zero-order valence-electron chi connectivity index (χ0n) is 15.2. The number of benzene rings is 1. The summed E-state index contributed by atoms with van der Waals surface area (Å²) in [7, 11) is 0. The predicted octanol–water partition coefficient (Wildman–Crippen LogP) is 3.34. The first-order valence-electron chi connectivity index (χ1n) is 7.76. The highest BCUT2D eigenvalue weighted by Crippen LogP contribution is 2.12. The molecule has 0 bridgehead atoms. The summed E-state index contributed by atoms with van der Waals surface area (Å²) in [5.41, 5.74) is 1.69. The summed E-state index contributed by atoms with van der Waals surface area (Å²) in [4.78, 5) is 24.0. The summed E-state index contributed by atoms with van der Waals surface area (Å²) in [5, 5.41) is 5.61. The van der Waals surface area contributed by atoms with Gasteiger partial charge in [0.2, 0.25) is 0 Å². The van der Waals surface area contributed by atoms with Crippen molar-refractivity contribution in [1.82, 2.24) is 10.6 Å². The minimum atomic E-state index is -0.590. The van der Waals surface area contributed by atoms with E-state index in [1.54, 1.807) is 26.8 Å². The molecule has 1 aromatic rings. The van der Waals surface area contributed by atoms with E-state index < -0.39 is 17.2 Å². The van der Waals surface area contributed by atoms with Crippen LogP contribution >= 0.6 is 0 Å². The van der Waals surface area contributed by atoms with E-state index in [1.165, 1.54) is 0 Å². The van der Waals surface area contributed by atoms with Crippen molar-refractivity contribution in [3.05, 3.63) is 34.9 Å². The van der Waals surface area contributed by atoms with Crippen molar-refractivity contribution in [2.75, 3.05) is 6.54 Å². The Morgan fingerprint density at radius 1 is 1.04 bits per heavy atom. The van der Waals surface area contributed by atoms with E-state index in [9.17, 15) is 9.59 Å². The standard InChI is InChI=1S/C18H28N2O3/c1-12-8-9-14(10-13(12)2)15(21)20-18(6,7)11-19-16(22)23-17(3,4)5/h8-10H,11H2,1-7H3,(H,19,22)(H,20,21). The molecule has 0 fully saturated rings. The number of aryl methyl sites for hydroxylation is 2. The lowest BCUT2D eigenvalue weighted by Gasteiger charge is -2.28. The van der Waals surface area contributed by atoms with Crippen LogP contribution in [0.15, 0.2) is 18.2 Å². The van der Waals surface area contributed by atoms with Gasteiger partial charge in [0.15, 0.2) is 0 Å². The second kappa shape index (κ2) is 7.02. The number of alkyl carbamates (subject to hydrolysis) is 1. The van der Waals surface area contributed by atoms with Crippen LogP contribution in [0.1, 0.15) is 56.1 Å². The molecule has 5 heteroatoms. The number of hydrogen-bond donors (Lipinski definition) is 2. The van der Waals surface area contributed by atoms with E-state index in [0.29, 0.717) is 5.56 Å². The third kappa shape index (κ3) is 6.72. The first-order chi connectivity index (χ1) is 10.4. The van der Waals surface area contributed by atoms with E-state index in [1.807, 2.05) is 39.8 Å². The van der Waals surface area contributed by atoms with Gasteiger partial charge >= 0.3 is 6.09 Å². The topological polar surface area (TPSA) is 67.4 Å². The molecule has 1 rings (SSSR count). The van der Waals surface area contributed by atoms with Crippen LogP contribution in [0.25, 0.3) is 0 Å². The SMILES string of the molecule is Cc1ccc(C(=O)NC(C)(C)CNC(=O)OC(C)(C)C)cc1C. The average molecular weight is 320 g/mol. The monoisotopic (exact) mass is 320 g/mol. The number of amides is 2. The predicted molar refractivity (Wildman–Crippen MR) is 91.7 cm³/mol. The fourth-order valence-electron chi connectivity index (χ4n) is 1.91. The minimum Gasteiger partial charge on any atom is -0.444 e. The van der Waals surface area contributed by atoms with E-state index >= 15 is 0 Å². The molecule has 0 unspecified atom stereocenters. The van der Waals surface area contributed by atoms with Crippen molar-refractivity contribution in [3.8, 4) is 0 Å². The van der Waals surface area contributed by atoms with Gasteiger partial charge in [0, 0.05) is 12.1 Å². The normalized spacial score (nSPS) is 11.8. The lowest BCUT2D eigenvalue weighted by molar-refractivity contribution is 0.0509. The van der Waals surface area contributed by atoms with Crippen molar-refractivity contribution in [2.45, 2.75) is 59.6 Å². The molecule has 2 N–H and O–H groups in total. The zero-order chi connectivity index (χ0) is 17.8. The molecule has 0 aliphatic heterocycles. The maximum atomic E-state index is 12.3. The molecule has 0 heterocycles. The van der Waals surface area contributed by atoms with Crippen LogP contribution in [-0.2, 0) is 4.74 Å². The molecule has 0 spiro atoms. The minimum absolute atomic E-state index is 0.163. The van der Waals surface area contributed by atoms with Crippen LogP contribution in [0.3, 0.4) is 0 Å². The summed E-state index contributed by atoms with van der Waals surface area (Å²) in [6, 6.07) is 5.59. The third-order valence-electron chi connectivity index (χ3n) is 3.29. The Labute approximate surface area is 138 Å². The fraction of sp³-hybridized carbons (Fsp3) is 0.556. The molecule has 0 saturated carbocycles. The fourth-order valence-corrected chi connectivity index (χ4v) is 1.91. The van der Waals surface area contributed by atoms with Gasteiger partial charge in [0.1, 0.15) is 5.60 Å². The molecule has 0 radical (unpaired) electrons. The zero-order valence-corrected chi connectivity index (χ0v) is 15.2. The van der Waals surface area contributed by atoms with Gasteiger partial charge < -0.3 is 15.4 Å². The van der Waals surface area contributed by atoms with Crippen LogP contribution < -0.4 is 10.6 Å². The number of rotatable bonds is 4. The van der Waals surface area contributed by atoms with Gasteiger partial charge in [-0.1, -0.05) is 6.07 Å². The summed E-state index contributed by atoms with van der Waals surface area (Å²) in [5.74, 6) is -0.163. The van der Waals surface area contributed by atoms with Crippen molar-refractivity contribution in [2.24, 2.45) is 0 Å². The summed E-state index contributed by atoms with van der Waals surface area (Å²) in [6.07, 6.45) is -0.494. The Morgan fingerprint density at radius 3 is 2.17 bits per heavy atom. The highest BCUT2D eigenvalue weighted by atomic mass is 16.6. The van der Waals surface area contributed by atoms with Gasteiger partial charge in [0.25, 0.3) is 5.91 Å². The molecular weight excluding hydrogens is 292 g/mol. The number of hydrogen-bond acceptors (Lipinski definition) is 3. The molecule has 2 amide bonds. The highest BCUT2D eigenvalue weighted by Gasteiger charge is 2.24. The molecule has 0 aliphatic carbocycles. The van der Waals surface area contributed by atoms with Crippen molar-refractivity contribution < 1.29 is 14.3 Å². The van der Waals surface area contributed by atoms with Gasteiger partial charge in [-0.15, -0.1) is 0 Å². The van der Waals surface area contributed by atoms with Gasteiger partial charge in [-0.2, -0.15) is 0 Å². The van der Waals surface area contributed by atoms with Crippen molar-refractivity contribution >= 4 is 12.0 Å². The smallest absolute Gasteiger partial charge is 0.407 e. The quantitative estimate of drug-likeness (QED) is 0.894. The molecule has 5 nitrogen and oxygen atoms in total. The summed E-state index contributed by atoms with van der Waals surface area (Å²) >= 11 is 0. The van der Waals surface area contributed by atoms with Gasteiger partial charge in [-0.3, -0.25) is 4.79 Å². The summed E-state index contributed by atoms with van der Waals surface area (Å²) in [6.45, 7) is 13.4. The van der Waals surface area contributed by atoms with Gasteiger partial charge in [0.05, 0.1) is 5.54 Å². The molecule has 128 valence electrons. The largest absolute Gasteiger partial charge is 0.444 e. The third-order valence-corrected chi connectivity index (χ3v) is 3.29. The Balaban J connectivity index is 2.61. The van der Waals surface area contributed by atoms with Crippen LogP contribution in [-0.4, -0.2) is 29.7 Å². The summed E-state index contributed by atoms with van der Waals surface area (Å²) < 4.78 is 5.19. The van der Waals surface area contributed by atoms with Crippen LogP contribution in [0, 0.1) is 13.8 Å². The average Bonchev–Trinajstić information content (AvgIpc) is 2.37. The second-order valence-corrected chi connectivity index (χ2v) is 7.49. The molecule has 0 aliphatic rings. The molecule has 0 aromatic heterocycles. The first-order valence-corrected chi connectivity index (χ1v) is 7.76. The second-order valence-electron chi connectivity index (χ2n) is 7.49. The van der Waals surface area contributed by atoms with E-state index in [2.05, 4.69) is 10.6 Å². The van der Waals surface area contributed by atoms with E-state index in [4.69, 9.17) is 4.74 Å². The lowest BCUT2D eigenvalue weighted by Crippen LogP contribution is -2.52. The Morgan fingerprint density at radius 2 is 1.65 bits per heavy atom. The molecule has 23 heavy (non-hydrogen) atoms. The Bertz CT molecular complexity index is 586. The molecule has 0 atom stereocenters. The van der Waals surface area contributed by atoms with Gasteiger partial charge in [-0.25, -0.2) is 4.79 Å². The number of ether oxygens (including phenoxy) is 1. The molecule has 0 saturated heterocycles.